The molecule has 2 aliphatic rings. The van der Waals surface area contributed by atoms with Crippen molar-refractivity contribution in [3.8, 4) is 0 Å². The summed E-state index contributed by atoms with van der Waals surface area (Å²) in [5.74, 6) is 0. The van der Waals surface area contributed by atoms with Crippen molar-refractivity contribution in [3.63, 3.8) is 0 Å². The number of piperazine rings is 1. The van der Waals surface area contributed by atoms with E-state index < -0.39 is 0 Å². The van der Waals surface area contributed by atoms with Crippen LogP contribution in [0.1, 0.15) is 17.5 Å². The van der Waals surface area contributed by atoms with Gasteiger partial charge in [-0.25, -0.2) is 0 Å². The van der Waals surface area contributed by atoms with Crippen molar-refractivity contribution in [2.45, 2.75) is 32.0 Å². The molecule has 1 aromatic carbocycles. The minimum atomic E-state index is 0.796. The smallest absolute Gasteiger partial charge is 0.0243 e. The molecule has 2 atom stereocenters. The van der Waals surface area contributed by atoms with E-state index in [2.05, 4.69) is 41.4 Å². The highest BCUT2D eigenvalue weighted by molar-refractivity contribution is 5.23. The number of nitrogens with zero attached hydrogens (tertiary/aromatic N) is 1. The molecule has 2 bridgehead atoms. The summed E-state index contributed by atoms with van der Waals surface area (Å²) < 4.78 is 0. The van der Waals surface area contributed by atoms with Crippen LogP contribution in [0.2, 0.25) is 0 Å². The molecule has 0 spiro atoms. The monoisotopic (exact) mass is 202 g/mol. The Morgan fingerprint density at radius 3 is 2.80 bits per heavy atom. The second kappa shape index (κ2) is 3.62. The van der Waals surface area contributed by atoms with E-state index in [-0.39, 0.29) is 0 Å². The highest BCUT2D eigenvalue weighted by Gasteiger charge is 2.40. The maximum absolute atomic E-state index is 3.47. The molecule has 1 aromatic rings. The average Bonchev–Trinajstić information content (AvgIpc) is 2.27. The SMILES string of the molecule is Cc1cccc(CN2C3CNCC2C3)c1. The van der Waals surface area contributed by atoms with Crippen LogP contribution in [0, 0.1) is 6.92 Å². The third-order valence-electron chi connectivity index (χ3n) is 3.69. The fraction of sp³-hybridized carbons (Fsp3) is 0.538. The molecule has 1 N–H and O–H groups in total. The molecule has 0 aromatic heterocycles. The first kappa shape index (κ1) is 9.37. The molecule has 80 valence electrons. The first-order chi connectivity index (χ1) is 7.33. The van der Waals surface area contributed by atoms with Gasteiger partial charge in [-0.3, -0.25) is 4.90 Å². The minimum absolute atomic E-state index is 0.796. The predicted octanol–water partition coefficient (Wildman–Crippen LogP) is 1.54. The molecule has 2 heteroatoms. The molecule has 0 saturated carbocycles. The Balaban J connectivity index is 1.70. The van der Waals surface area contributed by atoms with Crippen molar-refractivity contribution in [2.75, 3.05) is 13.1 Å². The zero-order chi connectivity index (χ0) is 10.3. The van der Waals surface area contributed by atoms with E-state index in [1.165, 1.54) is 30.6 Å². The summed E-state index contributed by atoms with van der Waals surface area (Å²) in [6, 6.07) is 10.5. The molecule has 0 aliphatic carbocycles. The molecule has 2 aliphatic heterocycles. The number of nitrogens with one attached hydrogen (secondary N) is 1. The Morgan fingerprint density at radius 2 is 2.13 bits per heavy atom. The van der Waals surface area contributed by atoms with Crippen molar-refractivity contribution in [1.29, 1.82) is 0 Å². The van der Waals surface area contributed by atoms with Crippen LogP contribution in [0.5, 0.6) is 0 Å². The van der Waals surface area contributed by atoms with E-state index in [9.17, 15) is 0 Å². The van der Waals surface area contributed by atoms with Gasteiger partial charge >= 0.3 is 0 Å². The number of piperidine rings is 1. The first-order valence-corrected chi connectivity index (χ1v) is 5.85. The second-order valence-electron chi connectivity index (χ2n) is 4.86. The molecule has 2 saturated heterocycles. The summed E-state index contributed by atoms with van der Waals surface area (Å²) in [5, 5.41) is 3.47. The maximum Gasteiger partial charge on any atom is 0.0243 e. The quantitative estimate of drug-likeness (QED) is 0.782. The summed E-state index contributed by atoms with van der Waals surface area (Å²) in [5.41, 5.74) is 2.84. The van der Waals surface area contributed by atoms with Crippen molar-refractivity contribution in [3.05, 3.63) is 35.4 Å². The van der Waals surface area contributed by atoms with Crippen LogP contribution < -0.4 is 5.32 Å². The Morgan fingerprint density at radius 1 is 1.33 bits per heavy atom. The number of benzene rings is 1. The third-order valence-corrected chi connectivity index (χ3v) is 3.69. The van der Waals surface area contributed by atoms with E-state index in [1.807, 2.05) is 0 Å². The van der Waals surface area contributed by atoms with Crippen molar-refractivity contribution in [1.82, 2.24) is 10.2 Å². The van der Waals surface area contributed by atoms with Gasteiger partial charge in [0.05, 0.1) is 0 Å². The lowest BCUT2D eigenvalue weighted by molar-refractivity contribution is -0.0206. The number of hydrogen-bond donors (Lipinski definition) is 1. The van der Waals surface area contributed by atoms with Crippen LogP contribution in [-0.2, 0) is 6.54 Å². The molecule has 0 amide bonds. The van der Waals surface area contributed by atoms with E-state index in [0.29, 0.717) is 0 Å². The topological polar surface area (TPSA) is 15.3 Å². The van der Waals surface area contributed by atoms with Crippen molar-refractivity contribution in [2.24, 2.45) is 0 Å². The molecule has 3 rings (SSSR count). The van der Waals surface area contributed by atoms with E-state index in [4.69, 9.17) is 0 Å². The standard InChI is InChI=1S/C13H18N2/c1-10-3-2-4-11(5-10)9-15-12-6-13(15)8-14-7-12/h2-5,12-14H,6-9H2,1H3. The van der Waals surface area contributed by atoms with E-state index in [0.717, 1.165) is 18.6 Å². The molecular formula is C13H18N2. The largest absolute Gasteiger partial charge is 0.314 e. The Kier molecular flexibility index (Phi) is 2.26. The zero-order valence-electron chi connectivity index (χ0n) is 9.24. The van der Waals surface area contributed by atoms with Gasteiger partial charge in [-0.2, -0.15) is 0 Å². The van der Waals surface area contributed by atoms with Crippen LogP contribution in [0.3, 0.4) is 0 Å². The summed E-state index contributed by atoms with van der Waals surface area (Å²) >= 11 is 0. The van der Waals surface area contributed by atoms with Crippen molar-refractivity contribution >= 4 is 0 Å². The molecule has 0 radical (unpaired) electrons. The Hall–Kier alpha value is -0.860. The van der Waals surface area contributed by atoms with Gasteiger partial charge < -0.3 is 5.32 Å². The normalized spacial score (nSPS) is 29.9. The van der Waals surface area contributed by atoms with Crippen LogP contribution >= 0.6 is 0 Å². The summed E-state index contributed by atoms with van der Waals surface area (Å²) in [4.78, 5) is 2.64. The van der Waals surface area contributed by atoms with Crippen molar-refractivity contribution < 1.29 is 0 Å². The maximum atomic E-state index is 3.47. The molecule has 2 heterocycles. The lowest BCUT2D eigenvalue weighted by atomic mass is 9.88. The molecule has 2 nitrogen and oxygen atoms in total. The molecule has 2 fully saturated rings. The lowest BCUT2D eigenvalue weighted by Crippen LogP contribution is -2.67. The van der Waals surface area contributed by atoms with Gasteiger partial charge in [-0.15, -0.1) is 0 Å². The second-order valence-corrected chi connectivity index (χ2v) is 4.86. The van der Waals surface area contributed by atoms with Crippen LogP contribution in [0.25, 0.3) is 0 Å². The van der Waals surface area contributed by atoms with Crippen LogP contribution in [0.15, 0.2) is 24.3 Å². The average molecular weight is 202 g/mol. The van der Waals surface area contributed by atoms with Crippen LogP contribution in [0.4, 0.5) is 0 Å². The zero-order valence-corrected chi connectivity index (χ0v) is 9.24. The van der Waals surface area contributed by atoms with Gasteiger partial charge in [0.1, 0.15) is 0 Å². The highest BCUT2D eigenvalue weighted by atomic mass is 15.3. The number of fused-ring (bicyclic) bond motifs is 2. The number of hydrogen-bond acceptors (Lipinski definition) is 2. The van der Waals surface area contributed by atoms with Gasteiger partial charge in [0.25, 0.3) is 0 Å². The van der Waals surface area contributed by atoms with Gasteiger partial charge in [-0.05, 0) is 18.9 Å². The van der Waals surface area contributed by atoms with Gasteiger partial charge in [0, 0.05) is 31.7 Å². The van der Waals surface area contributed by atoms with Gasteiger partial charge in [-0.1, -0.05) is 29.8 Å². The summed E-state index contributed by atoms with van der Waals surface area (Å²) in [6.07, 6.45) is 1.40. The fourth-order valence-electron chi connectivity index (χ4n) is 2.84. The first-order valence-electron chi connectivity index (χ1n) is 5.85. The highest BCUT2D eigenvalue weighted by Crippen LogP contribution is 2.30. The number of rotatable bonds is 2. The Bertz CT molecular complexity index is 347. The molecule has 15 heavy (non-hydrogen) atoms. The van der Waals surface area contributed by atoms with Gasteiger partial charge in [0.15, 0.2) is 0 Å². The lowest BCUT2D eigenvalue weighted by Gasteiger charge is -2.53. The Labute approximate surface area is 91.3 Å². The van der Waals surface area contributed by atoms with E-state index in [1.54, 1.807) is 0 Å². The molecular weight excluding hydrogens is 184 g/mol. The third kappa shape index (κ3) is 1.68. The minimum Gasteiger partial charge on any atom is -0.314 e. The van der Waals surface area contributed by atoms with E-state index >= 15 is 0 Å². The summed E-state index contributed by atoms with van der Waals surface area (Å²) in [7, 11) is 0. The number of aryl methyl sites for hydroxylation is 1. The van der Waals surface area contributed by atoms with Crippen LogP contribution in [-0.4, -0.2) is 30.1 Å². The van der Waals surface area contributed by atoms with Gasteiger partial charge in [0.2, 0.25) is 0 Å². The summed E-state index contributed by atoms with van der Waals surface area (Å²) in [6.45, 7) is 5.67. The molecule has 2 unspecified atom stereocenters. The predicted molar refractivity (Wildman–Crippen MR) is 61.8 cm³/mol. The fourth-order valence-corrected chi connectivity index (χ4v) is 2.84.